The number of aryl methyl sites for hydroxylation is 1. The molecule has 0 aliphatic carbocycles. The number of thiazole rings is 1. The fourth-order valence-corrected chi connectivity index (χ4v) is 2.18. The van der Waals surface area contributed by atoms with E-state index < -0.39 is 0 Å². The molecule has 4 nitrogen and oxygen atoms in total. The fraction of sp³-hybridized carbons (Fsp3) is 0.667. The van der Waals surface area contributed by atoms with Crippen LogP contribution in [0.3, 0.4) is 0 Å². The average molecular weight is 214 g/mol. The van der Waals surface area contributed by atoms with Crippen LogP contribution in [0.4, 0.5) is 0 Å². The molecule has 1 aromatic heterocycles. The highest BCUT2D eigenvalue weighted by Gasteiger charge is 2.25. The molecule has 0 amide bonds. The Bertz CT molecular complexity index is 303. The minimum absolute atomic E-state index is 0.0548. The van der Waals surface area contributed by atoms with Crippen LogP contribution in [0.5, 0.6) is 0 Å². The van der Waals surface area contributed by atoms with E-state index in [2.05, 4.69) is 10.3 Å². The number of aliphatic hydroxyl groups excluding tert-OH is 1. The predicted octanol–water partition coefficient (Wildman–Crippen LogP) is 0.301. The van der Waals surface area contributed by atoms with E-state index in [0.29, 0.717) is 19.8 Å². The zero-order valence-corrected chi connectivity index (χ0v) is 8.88. The van der Waals surface area contributed by atoms with Crippen LogP contribution >= 0.6 is 11.3 Å². The maximum atomic E-state index is 9.47. The van der Waals surface area contributed by atoms with E-state index in [0.717, 1.165) is 5.01 Å². The second-order valence-electron chi connectivity index (χ2n) is 3.46. The second-order valence-corrected chi connectivity index (χ2v) is 4.78. The molecule has 1 aliphatic heterocycles. The Kier molecular flexibility index (Phi) is 3.12. The number of hydrogen-bond donors (Lipinski definition) is 2. The number of hydrogen-bond acceptors (Lipinski definition) is 5. The molecule has 0 aromatic carbocycles. The highest BCUT2D eigenvalue weighted by atomic mass is 32.1. The van der Waals surface area contributed by atoms with Crippen LogP contribution in [0.25, 0.3) is 0 Å². The molecule has 0 saturated carbocycles. The lowest BCUT2D eigenvalue weighted by atomic mass is 10.2. The maximum absolute atomic E-state index is 9.47. The van der Waals surface area contributed by atoms with Gasteiger partial charge < -0.3 is 15.2 Å². The molecule has 1 aromatic rings. The van der Waals surface area contributed by atoms with Crippen molar-refractivity contribution in [1.29, 1.82) is 0 Å². The van der Waals surface area contributed by atoms with Gasteiger partial charge in [0.2, 0.25) is 0 Å². The zero-order valence-electron chi connectivity index (χ0n) is 8.06. The number of nitrogens with zero attached hydrogens (tertiary/aromatic N) is 1. The van der Waals surface area contributed by atoms with Gasteiger partial charge in [0.1, 0.15) is 5.01 Å². The Morgan fingerprint density at radius 2 is 2.57 bits per heavy atom. The third-order valence-electron chi connectivity index (χ3n) is 2.24. The first-order valence-corrected chi connectivity index (χ1v) is 5.48. The monoisotopic (exact) mass is 214 g/mol. The summed E-state index contributed by atoms with van der Waals surface area (Å²) >= 11 is 1.68. The first-order chi connectivity index (χ1) is 6.75. The summed E-state index contributed by atoms with van der Waals surface area (Å²) in [5.41, 5.74) is 0. The largest absolute Gasteiger partial charge is 0.389 e. The van der Waals surface area contributed by atoms with Crippen molar-refractivity contribution in [2.45, 2.75) is 25.6 Å². The van der Waals surface area contributed by atoms with Gasteiger partial charge in [0, 0.05) is 17.6 Å². The molecule has 0 bridgehead atoms. The van der Waals surface area contributed by atoms with E-state index in [9.17, 15) is 5.11 Å². The molecule has 5 heteroatoms. The van der Waals surface area contributed by atoms with Gasteiger partial charge in [0.25, 0.3) is 0 Å². The number of rotatable bonds is 3. The van der Waals surface area contributed by atoms with E-state index in [1.807, 2.05) is 13.1 Å². The van der Waals surface area contributed by atoms with Gasteiger partial charge in [-0.15, -0.1) is 11.3 Å². The SMILES string of the molecule is Cc1cnc(CNC2COCC2O)s1. The first kappa shape index (κ1) is 10.0. The van der Waals surface area contributed by atoms with Crippen LogP contribution in [0.2, 0.25) is 0 Å². The maximum Gasteiger partial charge on any atom is 0.107 e. The highest BCUT2D eigenvalue weighted by molar-refractivity contribution is 7.11. The molecule has 78 valence electrons. The van der Waals surface area contributed by atoms with Crippen LogP contribution in [0.1, 0.15) is 9.88 Å². The molecule has 2 unspecified atom stereocenters. The third-order valence-corrected chi connectivity index (χ3v) is 3.15. The fourth-order valence-electron chi connectivity index (χ4n) is 1.44. The van der Waals surface area contributed by atoms with E-state index in [1.54, 1.807) is 11.3 Å². The van der Waals surface area contributed by atoms with Gasteiger partial charge in [-0.2, -0.15) is 0 Å². The van der Waals surface area contributed by atoms with Gasteiger partial charge in [0.05, 0.1) is 25.4 Å². The lowest BCUT2D eigenvalue weighted by Crippen LogP contribution is -2.38. The van der Waals surface area contributed by atoms with E-state index in [1.165, 1.54) is 4.88 Å². The Hall–Kier alpha value is -0.490. The van der Waals surface area contributed by atoms with Crippen molar-refractivity contribution < 1.29 is 9.84 Å². The summed E-state index contributed by atoms with van der Waals surface area (Å²) in [6, 6.07) is 0.0548. The zero-order chi connectivity index (χ0) is 9.97. The molecular weight excluding hydrogens is 200 g/mol. The summed E-state index contributed by atoms with van der Waals surface area (Å²) in [4.78, 5) is 5.45. The van der Waals surface area contributed by atoms with E-state index >= 15 is 0 Å². The topological polar surface area (TPSA) is 54.4 Å². The van der Waals surface area contributed by atoms with E-state index in [4.69, 9.17) is 4.74 Å². The molecule has 14 heavy (non-hydrogen) atoms. The Morgan fingerprint density at radius 3 is 3.14 bits per heavy atom. The molecule has 0 radical (unpaired) electrons. The minimum Gasteiger partial charge on any atom is -0.389 e. The highest BCUT2D eigenvalue weighted by Crippen LogP contribution is 2.12. The predicted molar refractivity (Wildman–Crippen MR) is 54.3 cm³/mol. The molecule has 1 saturated heterocycles. The lowest BCUT2D eigenvalue weighted by Gasteiger charge is -2.12. The van der Waals surface area contributed by atoms with E-state index in [-0.39, 0.29) is 12.1 Å². The quantitative estimate of drug-likeness (QED) is 0.760. The van der Waals surface area contributed by atoms with Crippen LogP contribution in [-0.4, -0.2) is 35.5 Å². The van der Waals surface area contributed by atoms with Gasteiger partial charge in [-0.1, -0.05) is 0 Å². The number of nitrogens with one attached hydrogen (secondary N) is 1. The van der Waals surface area contributed by atoms with Gasteiger partial charge in [-0.25, -0.2) is 4.98 Å². The molecule has 2 heterocycles. The molecule has 2 rings (SSSR count). The summed E-state index contributed by atoms with van der Waals surface area (Å²) in [6.07, 6.45) is 1.49. The van der Waals surface area contributed by atoms with Gasteiger partial charge in [0.15, 0.2) is 0 Å². The smallest absolute Gasteiger partial charge is 0.107 e. The summed E-state index contributed by atoms with van der Waals surface area (Å²) < 4.78 is 5.13. The van der Waals surface area contributed by atoms with Crippen molar-refractivity contribution in [3.05, 3.63) is 16.1 Å². The summed E-state index contributed by atoms with van der Waals surface area (Å²) in [6.45, 7) is 3.78. The van der Waals surface area contributed by atoms with Gasteiger partial charge in [-0.3, -0.25) is 0 Å². The van der Waals surface area contributed by atoms with Gasteiger partial charge >= 0.3 is 0 Å². The lowest BCUT2D eigenvalue weighted by molar-refractivity contribution is 0.122. The van der Waals surface area contributed by atoms with Crippen LogP contribution in [0.15, 0.2) is 6.20 Å². The van der Waals surface area contributed by atoms with Crippen molar-refractivity contribution in [3.63, 3.8) is 0 Å². The normalized spacial score (nSPS) is 27.0. The van der Waals surface area contributed by atoms with Crippen LogP contribution < -0.4 is 5.32 Å². The molecule has 1 aliphatic rings. The van der Waals surface area contributed by atoms with Crippen molar-refractivity contribution in [1.82, 2.24) is 10.3 Å². The van der Waals surface area contributed by atoms with Crippen molar-refractivity contribution in [2.24, 2.45) is 0 Å². The van der Waals surface area contributed by atoms with Crippen molar-refractivity contribution in [2.75, 3.05) is 13.2 Å². The van der Waals surface area contributed by atoms with Crippen LogP contribution in [-0.2, 0) is 11.3 Å². The molecular formula is C9H14N2O2S. The van der Waals surface area contributed by atoms with Crippen molar-refractivity contribution in [3.8, 4) is 0 Å². The number of aromatic nitrogens is 1. The van der Waals surface area contributed by atoms with Crippen molar-refractivity contribution >= 4 is 11.3 Å². The molecule has 0 spiro atoms. The standard InChI is InChI=1S/C9H14N2O2S/c1-6-2-11-9(14-6)3-10-7-4-13-5-8(7)12/h2,7-8,10,12H,3-5H2,1H3. The minimum atomic E-state index is -0.379. The molecule has 1 fully saturated rings. The Morgan fingerprint density at radius 1 is 1.71 bits per heavy atom. The molecule has 2 N–H and O–H groups in total. The number of aliphatic hydroxyl groups is 1. The Balaban J connectivity index is 1.82. The number of ether oxygens (including phenoxy) is 1. The van der Waals surface area contributed by atoms with Crippen LogP contribution in [0, 0.1) is 6.92 Å². The van der Waals surface area contributed by atoms with Gasteiger partial charge in [-0.05, 0) is 6.92 Å². The molecule has 2 atom stereocenters. The first-order valence-electron chi connectivity index (χ1n) is 4.66. The average Bonchev–Trinajstić information content (AvgIpc) is 2.72. The summed E-state index contributed by atoms with van der Waals surface area (Å²) in [5, 5.41) is 13.8. The third kappa shape index (κ3) is 2.30. The second kappa shape index (κ2) is 4.35. The Labute approximate surface area is 86.9 Å². The summed E-state index contributed by atoms with van der Waals surface area (Å²) in [5.74, 6) is 0. The summed E-state index contributed by atoms with van der Waals surface area (Å²) in [7, 11) is 0.